The SMILES string of the molecule is O=C(COC(=O)[C@H](Cc1ccccc1)N1C(=O)[C@H]2CC=CC[C@@H]2C1=O)Nc1cccc(Cl)c1Cl. The molecule has 1 N–H and O–H groups in total. The number of imide groups is 1. The molecule has 0 unspecified atom stereocenters. The molecule has 0 saturated carbocycles. The molecule has 0 bridgehead atoms. The van der Waals surface area contributed by atoms with E-state index in [0.717, 1.165) is 10.5 Å². The van der Waals surface area contributed by atoms with Crippen molar-refractivity contribution < 1.29 is 23.9 Å². The second-order valence-corrected chi connectivity index (χ2v) is 8.95. The lowest BCUT2D eigenvalue weighted by Crippen LogP contribution is -2.48. The van der Waals surface area contributed by atoms with Crippen molar-refractivity contribution in [3.63, 3.8) is 0 Å². The van der Waals surface area contributed by atoms with Crippen LogP contribution in [0.15, 0.2) is 60.7 Å². The average Bonchev–Trinajstić information content (AvgIpc) is 3.09. The van der Waals surface area contributed by atoms with Crippen LogP contribution in [0.4, 0.5) is 5.69 Å². The first-order chi connectivity index (χ1) is 16.4. The lowest BCUT2D eigenvalue weighted by atomic mass is 9.85. The Bertz CT molecular complexity index is 1130. The van der Waals surface area contributed by atoms with Crippen molar-refractivity contribution in [2.75, 3.05) is 11.9 Å². The van der Waals surface area contributed by atoms with Gasteiger partial charge in [-0.15, -0.1) is 0 Å². The minimum Gasteiger partial charge on any atom is -0.454 e. The van der Waals surface area contributed by atoms with Crippen molar-refractivity contribution in [1.82, 2.24) is 4.90 Å². The highest BCUT2D eigenvalue weighted by Gasteiger charge is 2.51. The van der Waals surface area contributed by atoms with Crippen LogP contribution in [-0.4, -0.2) is 41.2 Å². The molecule has 1 aliphatic heterocycles. The summed E-state index contributed by atoms with van der Waals surface area (Å²) in [6.07, 6.45) is 4.77. The molecule has 0 aromatic heterocycles. The van der Waals surface area contributed by atoms with E-state index in [1.165, 1.54) is 0 Å². The summed E-state index contributed by atoms with van der Waals surface area (Å²) in [7, 11) is 0. The summed E-state index contributed by atoms with van der Waals surface area (Å²) < 4.78 is 5.25. The highest BCUT2D eigenvalue weighted by molar-refractivity contribution is 6.44. The Hall–Kier alpha value is -3.16. The number of ether oxygens (including phenoxy) is 1. The third-order valence-electron chi connectivity index (χ3n) is 5.97. The number of carbonyl (C=O) groups excluding carboxylic acids is 4. The molecule has 2 aliphatic rings. The first kappa shape index (κ1) is 24.0. The number of likely N-dealkylation sites (tertiary alicyclic amines) is 1. The van der Waals surface area contributed by atoms with Crippen molar-refractivity contribution >= 4 is 52.6 Å². The van der Waals surface area contributed by atoms with Gasteiger partial charge >= 0.3 is 5.97 Å². The lowest BCUT2D eigenvalue weighted by Gasteiger charge is -2.25. The number of rotatable bonds is 7. The van der Waals surface area contributed by atoms with Gasteiger partial charge in [0.05, 0.1) is 27.6 Å². The molecule has 1 saturated heterocycles. The quantitative estimate of drug-likeness (QED) is 0.351. The maximum atomic E-state index is 13.1. The lowest BCUT2D eigenvalue weighted by molar-refractivity contribution is -0.159. The number of anilines is 1. The van der Waals surface area contributed by atoms with Crippen LogP contribution >= 0.6 is 23.2 Å². The fraction of sp³-hybridized carbons (Fsp3) is 0.280. The Morgan fingerprint density at radius 3 is 2.26 bits per heavy atom. The molecule has 2 aromatic carbocycles. The molecular formula is C25H22Cl2N2O5. The number of carbonyl (C=O) groups is 4. The van der Waals surface area contributed by atoms with Gasteiger partial charge in [-0.2, -0.15) is 0 Å². The number of hydrogen-bond acceptors (Lipinski definition) is 5. The molecule has 0 spiro atoms. The van der Waals surface area contributed by atoms with E-state index in [2.05, 4.69) is 5.32 Å². The van der Waals surface area contributed by atoms with E-state index in [0.29, 0.717) is 12.8 Å². The van der Waals surface area contributed by atoms with Crippen molar-refractivity contribution in [3.05, 3.63) is 76.3 Å². The zero-order valence-corrected chi connectivity index (χ0v) is 19.6. The van der Waals surface area contributed by atoms with E-state index in [9.17, 15) is 19.2 Å². The van der Waals surface area contributed by atoms with Crippen LogP contribution in [0.1, 0.15) is 18.4 Å². The summed E-state index contributed by atoms with van der Waals surface area (Å²) in [5, 5.41) is 2.96. The second-order valence-electron chi connectivity index (χ2n) is 8.17. The molecule has 9 heteroatoms. The Morgan fingerprint density at radius 2 is 1.62 bits per heavy atom. The molecule has 1 heterocycles. The van der Waals surface area contributed by atoms with Crippen LogP contribution in [-0.2, 0) is 30.3 Å². The Labute approximate surface area is 206 Å². The van der Waals surface area contributed by atoms with Gasteiger partial charge in [-0.1, -0.05) is 71.8 Å². The predicted octanol–water partition coefficient (Wildman–Crippen LogP) is 4.04. The number of hydrogen-bond donors (Lipinski definition) is 1. The Morgan fingerprint density at radius 1 is 0.971 bits per heavy atom. The average molecular weight is 501 g/mol. The van der Waals surface area contributed by atoms with Gasteiger partial charge in [0, 0.05) is 6.42 Å². The molecule has 2 aromatic rings. The van der Waals surface area contributed by atoms with Gasteiger partial charge in [0.2, 0.25) is 11.8 Å². The normalized spacial score (nSPS) is 20.1. The molecule has 3 amide bonds. The van der Waals surface area contributed by atoms with E-state index < -0.39 is 36.4 Å². The first-order valence-electron chi connectivity index (χ1n) is 10.8. The monoisotopic (exact) mass is 500 g/mol. The van der Waals surface area contributed by atoms with Crippen molar-refractivity contribution in [1.29, 1.82) is 0 Å². The summed E-state index contributed by atoms with van der Waals surface area (Å²) in [6, 6.07) is 12.6. The number of amides is 3. The largest absolute Gasteiger partial charge is 0.454 e. The van der Waals surface area contributed by atoms with Gasteiger partial charge in [-0.25, -0.2) is 4.79 Å². The molecule has 0 radical (unpaired) electrons. The summed E-state index contributed by atoms with van der Waals surface area (Å²) in [4.78, 5) is 52.7. The van der Waals surface area contributed by atoms with E-state index in [4.69, 9.17) is 27.9 Å². The molecule has 1 aliphatic carbocycles. The third kappa shape index (κ3) is 5.00. The van der Waals surface area contributed by atoms with Crippen molar-refractivity contribution in [2.24, 2.45) is 11.8 Å². The van der Waals surface area contributed by atoms with E-state index in [1.807, 2.05) is 18.2 Å². The molecule has 34 heavy (non-hydrogen) atoms. The summed E-state index contributed by atoms with van der Waals surface area (Å²) in [5.41, 5.74) is 1.03. The zero-order chi connectivity index (χ0) is 24.2. The van der Waals surface area contributed by atoms with Gasteiger partial charge in [0.1, 0.15) is 6.04 Å². The van der Waals surface area contributed by atoms with Gasteiger partial charge in [-0.05, 0) is 30.5 Å². The number of esters is 1. The van der Waals surface area contributed by atoms with Crippen LogP contribution in [0.2, 0.25) is 10.0 Å². The molecule has 3 atom stereocenters. The van der Waals surface area contributed by atoms with Crippen LogP contribution in [0, 0.1) is 11.8 Å². The van der Waals surface area contributed by atoms with Crippen LogP contribution < -0.4 is 5.32 Å². The van der Waals surface area contributed by atoms with Crippen LogP contribution in [0.5, 0.6) is 0 Å². The number of nitrogens with one attached hydrogen (secondary N) is 1. The smallest absolute Gasteiger partial charge is 0.330 e. The maximum absolute atomic E-state index is 13.1. The van der Waals surface area contributed by atoms with Crippen LogP contribution in [0.3, 0.4) is 0 Å². The fourth-order valence-corrected chi connectivity index (χ4v) is 4.62. The highest BCUT2D eigenvalue weighted by atomic mass is 35.5. The summed E-state index contributed by atoms with van der Waals surface area (Å²) >= 11 is 12.0. The number of benzene rings is 2. The molecule has 176 valence electrons. The number of nitrogens with zero attached hydrogens (tertiary/aromatic N) is 1. The molecule has 4 rings (SSSR count). The summed E-state index contributed by atoms with van der Waals surface area (Å²) in [5.74, 6) is -3.18. The predicted molar refractivity (Wildman–Crippen MR) is 127 cm³/mol. The standard InChI is InChI=1S/C25H22Cl2N2O5/c26-18-11-6-12-19(22(18)27)28-21(30)14-34-25(33)20(13-15-7-2-1-3-8-15)29-23(31)16-9-4-5-10-17(16)24(29)32/h1-8,11-12,16-17,20H,9-10,13-14H2,(H,28,30)/t16-,17-,20-/m0/s1. The van der Waals surface area contributed by atoms with E-state index in [-0.39, 0.29) is 34.0 Å². The highest BCUT2D eigenvalue weighted by Crippen LogP contribution is 2.37. The van der Waals surface area contributed by atoms with E-state index in [1.54, 1.807) is 42.5 Å². The second kappa shape index (κ2) is 10.4. The molecule has 7 nitrogen and oxygen atoms in total. The molecule has 1 fully saturated rings. The third-order valence-corrected chi connectivity index (χ3v) is 6.79. The van der Waals surface area contributed by atoms with Gasteiger partial charge in [-0.3, -0.25) is 19.3 Å². The maximum Gasteiger partial charge on any atom is 0.330 e. The Kier molecular flexibility index (Phi) is 7.34. The van der Waals surface area contributed by atoms with E-state index >= 15 is 0 Å². The minimum atomic E-state index is -1.17. The zero-order valence-electron chi connectivity index (χ0n) is 18.1. The van der Waals surface area contributed by atoms with Gasteiger partial charge in [0.25, 0.3) is 5.91 Å². The van der Waals surface area contributed by atoms with Crippen molar-refractivity contribution in [3.8, 4) is 0 Å². The summed E-state index contributed by atoms with van der Waals surface area (Å²) in [6.45, 7) is -0.613. The number of halogens is 2. The van der Waals surface area contributed by atoms with Crippen LogP contribution in [0.25, 0.3) is 0 Å². The van der Waals surface area contributed by atoms with Gasteiger partial charge < -0.3 is 10.1 Å². The van der Waals surface area contributed by atoms with Crippen molar-refractivity contribution in [2.45, 2.75) is 25.3 Å². The fourth-order valence-electron chi connectivity index (χ4n) is 4.27. The Balaban J connectivity index is 1.49. The minimum absolute atomic E-state index is 0.0890. The van der Waals surface area contributed by atoms with Gasteiger partial charge in [0.15, 0.2) is 6.61 Å². The molecular weight excluding hydrogens is 479 g/mol. The number of allylic oxidation sites excluding steroid dienone is 2. The number of fused-ring (bicyclic) bond motifs is 1. The topological polar surface area (TPSA) is 92.8 Å². The first-order valence-corrected chi connectivity index (χ1v) is 11.6.